The summed E-state index contributed by atoms with van der Waals surface area (Å²) in [5.74, 6) is 0.532. The fourth-order valence-corrected chi connectivity index (χ4v) is 3.22. The molecule has 0 saturated heterocycles. The van der Waals surface area contributed by atoms with E-state index < -0.39 is 11.2 Å². The zero-order valence-electron chi connectivity index (χ0n) is 12.8. The first-order chi connectivity index (χ1) is 10.5. The number of hydrogen-bond acceptors (Lipinski definition) is 3. The number of carbonyl (C=O) groups is 1. The first kappa shape index (κ1) is 16.5. The molecule has 2 unspecified atom stereocenters. The summed E-state index contributed by atoms with van der Waals surface area (Å²) in [6.07, 6.45) is 4.14. The van der Waals surface area contributed by atoms with Gasteiger partial charge in [0, 0.05) is 12.3 Å². The first-order valence-corrected chi connectivity index (χ1v) is 8.47. The highest BCUT2D eigenvalue weighted by Gasteiger charge is 2.21. The topological polar surface area (TPSA) is 64.5 Å². The number of hydrogen-bond donors (Lipinski definition) is 1. The third-order valence-electron chi connectivity index (χ3n) is 3.46. The summed E-state index contributed by atoms with van der Waals surface area (Å²) in [5.41, 5.74) is 5.47. The van der Waals surface area contributed by atoms with Gasteiger partial charge in [0.05, 0.1) is 5.71 Å². The van der Waals surface area contributed by atoms with Gasteiger partial charge in [0.1, 0.15) is 5.75 Å². The molecule has 1 aromatic carbocycles. The molecule has 116 valence electrons. The van der Waals surface area contributed by atoms with Crippen LogP contribution in [0, 0.1) is 5.92 Å². The molecule has 0 aromatic heterocycles. The lowest BCUT2D eigenvalue weighted by Gasteiger charge is -2.19. The zero-order chi connectivity index (χ0) is 16.1. The fourth-order valence-electron chi connectivity index (χ4n) is 2.37. The van der Waals surface area contributed by atoms with E-state index in [1.54, 1.807) is 6.08 Å². The summed E-state index contributed by atoms with van der Waals surface area (Å²) in [6, 6.07) is 7.61. The summed E-state index contributed by atoms with van der Waals surface area (Å²) in [4.78, 5) is 12.1. The van der Waals surface area contributed by atoms with E-state index in [1.165, 1.54) is 0 Å². The van der Waals surface area contributed by atoms with Gasteiger partial charge in [0.25, 0.3) is 0 Å². The number of rotatable bonds is 5. The average Bonchev–Trinajstić information content (AvgIpc) is 2.48. The maximum absolute atomic E-state index is 11.9. The van der Waals surface area contributed by atoms with Crippen LogP contribution in [0.15, 0.2) is 52.5 Å². The number of carbonyl (C=O) groups excluding carboxylic acids is 1. The van der Waals surface area contributed by atoms with Crippen LogP contribution in [0.3, 0.4) is 0 Å². The maximum Gasteiger partial charge on any atom is 0.240 e. The van der Waals surface area contributed by atoms with Crippen LogP contribution >= 0.6 is 0 Å². The Bertz CT molecular complexity index is 620. The lowest BCUT2D eigenvalue weighted by molar-refractivity contribution is -0.121. The molecule has 0 fully saturated rings. The third-order valence-corrected chi connectivity index (χ3v) is 4.80. The second kappa shape index (κ2) is 7.42. The van der Waals surface area contributed by atoms with E-state index in [2.05, 4.69) is 17.1 Å². The normalized spacial score (nSPS) is 20.1. The summed E-state index contributed by atoms with van der Waals surface area (Å²) >= 11 is -1.03. The predicted molar refractivity (Wildman–Crippen MR) is 90.9 cm³/mol. The number of benzene rings is 1. The highest BCUT2D eigenvalue weighted by molar-refractivity contribution is 7.91. The third kappa shape index (κ3) is 4.08. The molecule has 0 aliphatic carbocycles. The number of hydrazone groups is 1. The molecule has 2 rings (SSSR count). The van der Waals surface area contributed by atoms with Gasteiger partial charge >= 0.3 is 0 Å². The van der Waals surface area contributed by atoms with Crippen molar-refractivity contribution in [1.82, 2.24) is 5.43 Å². The average molecular weight is 316 g/mol. The number of nitrogens with zero attached hydrogens (tertiary/aromatic N) is 1. The Morgan fingerprint density at radius 2 is 2.18 bits per heavy atom. The van der Waals surface area contributed by atoms with Crippen LogP contribution in [0.1, 0.15) is 25.8 Å². The second-order valence-corrected chi connectivity index (χ2v) is 6.83. The van der Waals surface area contributed by atoms with Gasteiger partial charge in [-0.05, 0) is 59.6 Å². The largest absolute Gasteiger partial charge is 0.611 e. The van der Waals surface area contributed by atoms with Gasteiger partial charge in [-0.3, -0.25) is 4.79 Å². The quantitative estimate of drug-likeness (QED) is 0.670. The number of nitrogens with one attached hydrogen (secondary N) is 1. The Hall–Kier alpha value is -1.85. The molecule has 1 aliphatic rings. The minimum atomic E-state index is -1.03. The first-order valence-electron chi connectivity index (χ1n) is 7.15. The highest BCUT2D eigenvalue weighted by Crippen LogP contribution is 2.19. The molecule has 1 N–H and O–H groups in total. The van der Waals surface area contributed by atoms with Crippen LogP contribution in [0.25, 0.3) is 6.08 Å². The van der Waals surface area contributed by atoms with Crippen LogP contribution in [0.4, 0.5) is 0 Å². The lowest BCUT2D eigenvalue weighted by atomic mass is 9.94. The Kier molecular flexibility index (Phi) is 5.57. The highest BCUT2D eigenvalue weighted by atomic mass is 32.2. The van der Waals surface area contributed by atoms with E-state index in [0.717, 1.165) is 21.7 Å². The van der Waals surface area contributed by atoms with Gasteiger partial charge in [-0.1, -0.05) is 19.6 Å². The van der Waals surface area contributed by atoms with E-state index in [4.69, 9.17) is 0 Å². The smallest absolute Gasteiger partial charge is 0.240 e. The van der Waals surface area contributed by atoms with Gasteiger partial charge in [-0.15, -0.1) is 0 Å². The number of amides is 1. The Labute approximate surface area is 134 Å². The standard InChI is InChI=1S/C17H20N2O2S/c1-4-9-22(21)15-7-5-14(6-8-15)10-12(2)17-13(3)11-16(20)18-19-17/h4-8,10,13H,1,9,11H2,2-3H3,(H,18,20). The molecule has 0 saturated carbocycles. The fraction of sp³-hybridized carbons (Fsp3) is 0.294. The minimum Gasteiger partial charge on any atom is -0.611 e. The molecule has 0 bridgehead atoms. The number of allylic oxidation sites excluding steroid dienone is 1. The Balaban J connectivity index is 2.15. The van der Waals surface area contributed by atoms with Crippen molar-refractivity contribution >= 4 is 28.9 Å². The van der Waals surface area contributed by atoms with E-state index >= 15 is 0 Å². The SMILES string of the molecule is C=CC[S+]([O-])c1ccc(C=C(C)C2=NNC(=O)CC2C)cc1. The van der Waals surface area contributed by atoms with Gasteiger partial charge in [0.2, 0.25) is 5.91 Å². The van der Waals surface area contributed by atoms with Crippen LogP contribution in [-0.4, -0.2) is 21.9 Å². The molecule has 22 heavy (non-hydrogen) atoms. The summed E-state index contributed by atoms with van der Waals surface area (Å²) in [5, 5.41) is 4.15. The van der Waals surface area contributed by atoms with Crippen molar-refractivity contribution in [1.29, 1.82) is 0 Å². The molecule has 1 aliphatic heterocycles. The second-order valence-electron chi connectivity index (χ2n) is 5.33. The van der Waals surface area contributed by atoms with Gasteiger partial charge in [-0.2, -0.15) is 5.10 Å². The lowest BCUT2D eigenvalue weighted by Crippen LogP contribution is -2.31. The molecular weight excluding hydrogens is 296 g/mol. The minimum absolute atomic E-state index is 0.0434. The van der Waals surface area contributed by atoms with Crippen molar-refractivity contribution in [3.63, 3.8) is 0 Å². The molecular formula is C17H20N2O2S. The van der Waals surface area contributed by atoms with Crippen molar-refractivity contribution in [3.05, 3.63) is 48.1 Å². The monoisotopic (exact) mass is 316 g/mol. The van der Waals surface area contributed by atoms with Crippen LogP contribution < -0.4 is 5.43 Å². The van der Waals surface area contributed by atoms with Gasteiger partial charge in [0.15, 0.2) is 4.90 Å². The van der Waals surface area contributed by atoms with E-state index in [0.29, 0.717) is 12.2 Å². The van der Waals surface area contributed by atoms with E-state index in [-0.39, 0.29) is 11.8 Å². The molecule has 0 radical (unpaired) electrons. The van der Waals surface area contributed by atoms with E-state index in [1.807, 2.05) is 44.2 Å². The van der Waals surface area contributed by atoms with Crippen molar-refractivity contribution in [2.24, 2.45) is 11.0 Å². The van der Waals surface area contributed by atoms with Crippen molar-refractivity contribution in [3.8, 4) is 0 Å². The maximum atomic E-state index is 11.9. The molecule has 1 heterocycles. The molecule has 2 atom stereocenters. The van der Waals surface area contributed by atoms with Gasteiger partial charge < -0.3 is 4.55 Å². The zero-order valence-corrected chi connectivity index (χ0v) is 13.7. The Morgan fingerprint density at radius 3 is 2.77 bits per heavy atom. The van der Waals surface area contributed by atoms with Gasteiger partial charge in [-0.25, -0.2) is 5.43 Å². The van der Waals surface area contributed by atoms with Crippen LogP contribution in [0.2, 0.25) is 0 Å². The molecule has 1 amide bonds. The van der Waals surface area contributed by atoms with Crippen LogP contribution in [-0.2, 0) is 16.0 Å². The molecule has 0 spiro atoms. The van der Waals surface area contributed by atoms with Crippen molar-refractivity contribution in [2.45, 2.75) is 25.2 Å². The summed E-state index contributed by atoms with van der Waals surface area (Å²) < 4.78 is 11.9. The predicted octanol–water partition coefficient (Wildman–Crippen LogP) is 2.90. The van der Waals surface area contributed by atoms with Crippen molar-refractivity contribution in [2.75, 3.05) is 5.75 Å². The Morgan fingerprint density at radius 1 is 1.50 bits per heavy atom. The van der Waals surface area contributed by atoms with Crippen LogP contribution in [0.5, 0.6) is 0 Å². The summed E-state index contributed by atoms with van der Waals surface area (Å²) in [6.45, 7) is 7.58. The summed E-state index contributed by atoms with van der Waals surface area (Å²) in [7, 11) is 0. The van der Waals surface area contributed by atoms with Crippen molar-refractivity contribution < 1.29 is 9.35 Å². The molecule has 1 aromatic rings. The molecule has 4 nitrogen and oxygen atoms in total. The molecule has 5 heteroatoms. The van der Waals surface area contributed by atoms with E-state index in [9.17, 15) is 9.35 Å².